The molecule has 0 amide bonds. The number of methoxy groups -OCH3 is 1. The second-order valence-corrected chi connectivity index (χ2v) is 6.34. The van der Waals surface area contributed by atoms with Gasteiger partial charge in [-0.15, -0.1) is 0 Å². The van der Waals surface area contributed by atoms with Gasteiger partial charge in [-0.2, -0.15) is 0 Å². The van der Waals surface area contributed by atoms with Crippen molar-refractivity contribution in [3.05, 3.63) is 0 Å². The van der Waals surface area contributed by atoms with Gasteiger partial charge in [0, 0.05) is 25.2 Å². The minimum Gasteiger partial charge on any atom is -0.383 e. The fourth-order valence-electron chi connectivity index (χ4n) is 3.42. The minimum absolute atomic E-state index is 0.343. The maximum Gasteiger partial charge on any atom is 0.0618 e. The molecular weight excluding hydrogens is 224 g/mol. The van der Waals surface area contributed by atoms with Crippen LogP contribution < -0.4 is 5.32 Å². The van der Waals surface area contributed by atoms with Gasteiger partial charge < -0.3 is 10.1 Å². The zero-order chi connectivity index (χ0) is 13.0. The predicted octanol–water partition coefficient (Wildman–Crippen LogP) is 2.27. The summed E-state index contributed by atoms with van der Waals surface area (Å²) in [5.41, 5.74) is 0.343. The molecule has 2 aliphatic rings. The first-order valence-corrected chi connectivity index (χ1v) is 7.67. The summed E-state index contributed by atoms with van der Waals surface area (Å²) in [6.07, 6.45) is 6.61. The first-order valence-electron chi connectivity index (χ1n) is 7.67. The van der Waals surface area contributed by atoms with Gasteiger partial charge in [0.1, 0.15) is 0 Å². The molecule has 2 unspecified atom stereocenters. The average molecular weight is 254 g/mol. The monoisotopic (exact) mass is 254 g/mol. The molecule has 106 valence electrons. The molecule has 0 spiro atoms. The molecule has 1 saturated carbocycles. The molecule has 3 heteroatoms. The molecule has 18 heavy (non-hydrogen) atoms. The van der Waals surface area contributed by atoms with Crippen LogP contribution in [0, 0.1) is 5.92 Å². The maximum absolute atomic E-state index is 5.43. The molecular formula is C15H30N2O. The lowest BCUT2D eigenvalue weighted by atomic mass is 9.94. The lowest BCUT2D eigenvalue weighted by Crippen LogP contribution is -2.53. The van der Waals surface area contributed by atoms with Crippen LogP contribution in [-0.2, 0) is 4.74 Å². The Bertz CT molecular complexity index is 249. The van der Waals surface area contributed by atoms with Crippen LogP contribution in [0.2, 0.25) is 0 Å². The SMILES string of the molecule is CCCC(COC)N1CCCNC(C)(C2CC2)C1. The zero-order valence-corrected chi connectivity index (χ0v) is 12.4. The topological polar surface area (TPSA) is 24.5 Å². The van der Waals surface area contributed by atoms with E-state index in [2.05, 4.69) is 24.1 Å². The van der Waals surface area contributed by atoms with Crippen LogP contribution in [0.1, 0.15) is 46.0 Å². The Balaban J connectivity index is 2.00. The van der Waals surface area contributed by atoms with Crippen molar-refractivity contribution in [3.63, 3.8) is 0 Å². The van der Waals surface area contributed by atoms with Crippen molar-refractivity contribution in [3.8, 4) is 0 Å². The van der Waals surface area contributed by atoms with E-state index < -0.39 is 0 Å². The third-order valence-electron chi connectivity index (χ3n) is 4.66. The van der Waals surface area contributed by atoms with Crippen LogP contribution in [0.15, 0.2) is 0 Å². The molecule has 1 aliphatic carbocycles. The van der Waals surface area contributed by atoms with Gasteiger partial charge in [-0.3, -0.25) is 4.90 Å². The molecule has 2 fully saturated rings. The van der Waals surface area contributed by atoms with Crippen molar-refractivity contribution >= 4 is 0 Å². The van der Waals surface area contributed by atoms with E-state index in [0.717, 1.165) is 12.5 Å². The van der Waals surface area contributed by atoms with Crippen molar-refractivity contribution in [2.45, 2.75) is 57.5 Å². The van der Waals surface area contributed by atoms with Crippen molar-refractivity contribution in [1.82, 2.24) is 10.2 Å². The number of hydrogen-bond donors (Lipinski definition) is 1. The summed E-state index contributed by atoms with van der Waals surface area (Å²) in [6, 6.07) is 0.609. The fraction of sp³-hybridized carbons (Fsp3) is 1.00. The highest BCUT2D eigenvalue weighted by Crippen LogP contribution is 2.40. The molecule has 2 atom stereocenters. The lowest BCUT2D eigenvalue weighted by molar-refractivity contribution is 0.0699. The number of ether oxygens (including phenoxy) is 1. The number of nitrogens with zero attached hydrogens (tertiary/aromatic N) is 1. The smallest absolute Gasteiger partial charge is 0.0618 e. The molecule has 0 bridgehead atoms. The van der Waals surface area contributed by atoms with Gasteiger partial charge in [0.05, 0.1) is 6.61 Å². The van der Waals surface area contributed by atoms with Crippen LogP contribution in [0.3, 0.4) is 0 Å². The normalized spacial score (nSPS) is 32.2. The van der Waals surface area contributed by atoms with Crippen LogP contribution in [-0.4, -0.2) is 49.8 Å². The summed E-state index contributed by atoms with van der Waals surface area (Å²) >= 11 is 0. The van der Waals surface area contributed by atoms with Gasteiger partial charge in [0.25, 0.3) is 0 Å². The van der Waals surface area contributed by atoms with Crippen LogP contribution in [0.25, 0.3) is 0 Å². The third-order valence-corrected chi connectivity index (χ3v) is 4.66. The van der Waals surface area contributed by atoms with Gasteiger partial charge in [-0.05, 0) is 51.6 Å². The van der Waals surface area contributed by atoms with E-state index in [-0.39, 0.29) is 0 Å². The summed E-state index contributed by atoms with van der Waals surface area (Å²) in [5.74, 6) is 0.905. The number of hydrogen-bond acceptors (Lipinski definition) is 3. The average Bonchev–Trinajstić information content (AvgIpc) is 3.15. The van der Waals surface area contributed by atoms with E-state index in [1.165, 1.54) is 51.7 Å². The van der Waals surface area contributed by atoms with E-state index in [1.807, 2.05) is 7.11 Å². The first kappa shape index (κ1) is 14.3. The molecule has 0 aromatic rings. The molecule has 1 aliphatic heterocycles. The summed E-state index contributed by atoms with van der Waals surface area (Å²) in [5, 5.41) is 3.81. The first-order chi connectivity index (χ1) is 8.69. The lowest BCUT2D eigenvalue weighted by Gasteiger charge is -2.37. The van der Waals surface area contributed by atoms with Gasteiger partial charge in [-0.25, -0.2) is 0 Å². The molecule has 3 nitrogen and oxygen atoms in total. The molecule has 0 aromatic carbocycles. The molecule has 0 radical (unpaired) electrons. The summed E-state index contributed by atoms with van der Waals surface area (Å²) < 4.78 is 5.43. The summed E-state index contributed by atoms with van der Waals surface area (Å²) in [6.45, 7) is 9.19. The second-order valence-electron chi connectivity index (χ2n) is 6.34. The minimum atomic E-state index is 0.343. The van der Waals surface area contributed by atoms with Crippen LogP contribution in [0.4, 0.5) is 0 Å². The summed E-state index contributed by atoms with van der Waals surface area (Å²) in [7, 11) is 1.83. The van der Waals surface area contributed by atoms with Gasteiger partial charge in [0.15, 0.2) is 0 Å². The fourth-order valence-corrected chi connectivity index (χ4v) is 3.42. The van der Waals surface area contributed by atoms with Crippen LogP contribution in [0.5, 0.6) is 0 Å². The molecule has 0 aromatic heterocycles. The highest BCUT2D eigenvalue weighted by Gasteiger charge is 2.43. The van der Waals surface area contributed by atoms with E-state index >= 15 is 0 Å². The standard InChI is InChI=1S/C15H30N2O/c1-4-6-14(11-18-3)17-10-5-9-16-15(2,12-17)13-7-8-13/h13-14,16H,4-12H2,1-3H3. The van der Waals surface area contributed by atoms with Crippen molar-refractivity contribution < 1.29 is 4.74 Å². The number of rotatable bonds is 6. The molecule has 2 rings (SSSR count). The Morgan fingerprint density at radius 2 is 2.22 bits per heavy atom. The molecule has 1 saturated heterocycles. The van der Waals surface area contributed by atoms with Gasteiger partial charge >= 0.3 is 0 Å². The van der Waals surface area contributed by atoms with E-state index in [1.54, 1.807) is 0 Å². The van der Waals surface area contributed by atoms with E-state index in [9.17, 15) is 0 Å². The van der Waals surface area contributed by atoms with E-state index in [0.29, 0.717) is 11.6 Å². The Kier molecular flexibility index (Phi) is 5.05. The Morgan fingerprint density at radius 1 is 1.44 bits per heavy atom. The van der Waals surface area contributed by atoms with Crippen molar-refractivity contribution in [1.29, 1.82) is 0 Å². The van der Waals surface area contributed by atoms with Crippen molar-refractivity contribution in [2.24, 2.45) is 5.92 Å². The highest BCUT2D eigenvalue weighted by molar-refractivity contribution is 5.01. The largest absolute Gasteiger partial charge is 0.383 e. The van der Waals surface area contributed by atoms with Crippen molar-refractivity contribution in [2.75, 3.05) is 33.4 Å². The zero-order valence-electron chi connectivity index (χ0n) is 12.4. The van der Waals surface area contributed by atoms with Gasteiger partial charge in [-0.1, -0.05) is 13.3 Å². The molecule has 1 heterocycles. The predicted molar refractivity (Wildman–Crippen MR) is 75.9 cm³/mol. The molecule has 1 N–H and O–H groups in total. The highest BCUT2D eigenvalue weighted by atomic mass is 16.5. The van der Waals surface area contributed by atoms with E-state index in [4.69, 9.17) is 4.74 Å². The maximum atomic E-state index is 5.43. The summed E-state index contributed by atoms with van der Waals surface area (Å²) in [4.78, 5) is 2.69. The second kappa shape index (κ2) is 6.36. The van der Waals surface area contributed by atoms with Gasteiger partial charge in [0.2, 0.25) is 0 Å². The Labute approximate surface area is 112 Å². The Hall–Kier alpha value is -0.120. The quantitative estimate of drug-likeness (QED) is 0.787. The number of nitrogens with one attached hydrogen (secondary N) is 1. The van der Waals surface area contributed by atoms with Crippen LogP contribution >= 0.6 is 0 Å². The third kappa shape index (κ3) is 3.46. The Morgan fingerprint density at radius 3 is 2.83 bits per heavy atom.